The van der Waals surface area contributed by atoms with E-state index >= 15 is 0 Å². The molecule has 1 rings (SSSR count). The van der Waals surface area contributed by atoms with E-state index in [0.29, 0.717) is 30.8 Å². The summed E-state index contributed by atoms with van der Waals surface area (Å²) in [4.78, 5) is 11.1. The van der Waals surface area contributed by atoms with E-state index in [4.69, 9.17) is 10.00 Å². The zero-order valence-electron chi connectivity index (χ0n) is 10.4. The van der Waals surface area contributed by atoms with Crippen molar-refractivity contribution in [2.45, 2.75) is 32.3 Å². The Morgan fingerprint density at radius 1 is 1.44 bits per heavy atom. The van der Waals surface area contributed by atoms with E-state index in [9.17, 15) is 9.90 Å². The van der Waals surface area contributed by atoms with Crippen LogP contribution in [0.4, 0.5) is 0 Å². The third-order valence-electron chi connectivity index (χ3n) is 2.56. The quantitative estimate of drug-likeness (QED) is 0.800. The van der Waals surface area contributed by atoms with E-state index in [0.717, 1.165) is 0 Å². The molecule has 0 aliphatic heterocycles. The molecule has 1 unspecified atom stereocenters. The topological polar surface area (TPSA) is 70.3 Å². The fourth-order valence-electron chi connectivity index (χ4n) is 1.45. The molecule has 1 N–H and O–H groups in total. The highest BCUT2D eigenvalue weighted by atomic mass is 16.5. The van der Waals surface area contributed by atoms with Gasteiger partial charge in [-0.3, -0.25) is 4.79 Å². The maximum absolute atomic E-state index is 11.1. The van der Waals surface area contributed by atoms with Crippen molar-refractivity contribution in [3.63, 3.8) is 0 Å². The molecule has 4 heteroatoms. The number of hydrogen-bond donors (Lipinski definition) is 1. The minimum absolute atomic E-state index is 0.0564. The monoisotopic (exact) mass is 247 g/mol. The van der Waals surface area contributed by atoms with Crippen molar-refractivity contribution >= 4 is 5.78 Å². The summed E-state index contributed by atoms with van der Waals surface area (Å²) in [5.41, 5.74) is 0.580. The molecule has 0 heterocycles. The van der Waals surface area contributed by atoms with Gasteiger partial charge in [-0.25, -0.2) is 0 Å². The Morgan fingerprint density at radius 2 is 2.11 bits per heavy atom. The predicted molar refractivity (Wildman–Crippen MR) is 67.2 cm³/mol. The first-order valence-corrected chi connectivity index (χ1v) is 5.98. The first-order valence-electron chi connectivity index (χ1n) is 5.98. The third-order valence-corrected chi connectivity index (χ3v) is 2.56. The van der Waals surface area contributed by atoms with Gasteiger partial charge < -0.3 is 9.84 Å². The molecule has 0 aliphatic carbocycles. The fourth-order valence-corrected chi connectivity index (χ4v) is 1.45. The molecule has 1 atom stereocenters. The number of benzene rings is 1. The number of aliphatic hydroxyl groups excluding tert-OH is 1. The first-order chi connectivity index (χ1) is 8.65. The van der Waals surface area contributed by atoms with E-state index < -0.39 is 6.10 Å². The van der Waals surface area contributed by atoms with Gasteiger partial charge in [-0.2, -0.15) is 5.26 Å². The second-order valence-electron chi connectivity index (χ2n) is 4.02. The van der Waals surface area contributed by atoms with Crippen LogP contribution in [0.25, 0.3) is 0 Å². The molecule has 0 aliphatic rings. The van der Waals surface area contributed by atoms with E-state index in [2.05, 4.69) is 0 Å². The Bertz CT molecular complexity index is 420. The lowest BCUT2D eigenvalue weighted by Crippen LogP contribution is -2.16. The fraction of sp³-hybridized carbons (Fsp3) is 0.429. The van der Waals surface area contributed by atoms with Crippen molar-refractivity contribution in [1.29, 1.82) is 5.26 Å². The van der Waals surface area contributed by atoms with Crippen LogP contribution in [0, 0.1) is 11.3 Å². The molecule has 96 valence electrons. The Balaban J connectivity index is 2.28. The third kappa shape index (κ3) is 4.98. The van der Waals surface area contributed by atoms with Crippen LogP contribution in [-0.2, 0) is 4.79 Å². The van der Waals surface area contributed by atoms with Crippen LogP contribution in [-0.4, -0.2) is 23.6 Å². The van der Waals surface area contributed by atoms with Crippen LogP contribution in [0.1, 0.15) is 31.7 Å². The van der Waals surface area contributed by atoms with Gasteiger partial charge in [-0.15, -0.1) is 0 Å². The number of carbonyl (C=O) groups excluding carboxylic acids is 1. The summed E-state index contributed by atoms with van der Waals surface area (Å²) in [6, 6.07) is 8.79. The van der Waals surface area contributed by atoms with Gasteiger partial charge in [-0.1, -0.05) is 6.92 Å². The van der Waals surface area contributed by atoms with Gasteiger partial charge in [0.05, 0.1) is 24.3 Å². The number of rotatable bonds is 7. The average molecular weight is 247 g/mol. The molecule has 0 amide bonds. The van der Waals surface area contributed by atoms with Crippen LogP contribution >= 0.6 is 0 Å². The standard InChI is InChI=1S/C14H17NO3/c1-2-12(16)9-13(17)7-8-18-14-5-3-11(10-15)4-6-14/h3-6,13,17H,2,7-9H2,1H3. The van der Waals surface area contributed by atoms with Crippen molar-refractivity contribution in [3.8, 4) is 11.8 Å². The van der Waals surface area contributed by atoms with E-state index in [1.54, 1.807) is 31.2 Å². The highest BCUT2D eigenvalue weighted by Crippen LogP contribution is 2.12. The van der Waals surface area contributed by atoms with Crippen LogP contribution in [0.5, 0.6) is 5.75 Å². The summed E-state index contributed by atoms with van der Waals surface area (Å²) >= 11 is 0. The second-order valence-corrected chi connectivity index (χ2v) is 4.02. The van der Waals surface area contributed by atoms with Crippen LogP contribution in [0.3, 0.4) is 0 Å². The van der Waals surface area contributed by atoms with Gasteiger partial charge in [0.2, 0.25) is 0 Å². The second kappa shape index (κ2) is 7.46. The summed E-state index contributed by atoms with van der Waals surface area (Å²) in [5, 5.41) is 18.2. The highest BCUT2D eigenvalue weighted by molar-refractivity contribution is 5.78. The molecular weight excluding hydrogens is 230 g/mol. The van der Waals surface area contributed by atoms with Crippen LogP contribution in [0.2, 0.25) is 0 Å². The number of ether oxygens (including phenoxy) is 1. The smallest absolute Gasteiger partial charge is 0.135 e. The van der Waals surface area contributed by atoms with Crippen LogP contribution < -0.4 is 4.74 Å². The molecule has 18 heavy (non-hydrogen) atoms. The molecule has 0 spiro atoms. The minimum atomic E-state index is -0.643. The lowest BCUT2D eigenvalue weighted by molar-refractivity contribution is -0.120. The Morgan fingerprint density at radius 3 is 2.67 bits per heavy atom. The van der Waals surface area contributed by atoms with E-state index in [1.807, 2.05) is 6.07 Å². The van der Waals surface area contributed by atoms with Gasteiger partial charge in [0, 0.05) is 19.3 Å². The van der Waals surface area contributed by atoms with E-state index in [1.165, 1.54) is 0 Å². The molecule has 0 saturated carbocycles. The minimum Gasteiger partial charge on any atom is -0.493 e. The van der Waals surface area contributed by atoms with Crippen molar-refractivity contribution in [1.82, 2.24) is 0 Å². The van der Waals surface area contributed by atoms with E-state index in [-0.39, 0.29) is 12.2 Å². The predicted octanol–water partition coefficient (Wildman–Crippen LogP) is 2.06. The van der Waals surface area contributed by atoms with Gasteiger partial charge in [-0.05, 0) is 24.3 Å². The van der Waals surface area contributed by atoms with Crippen molar-refractivity contribution in [3.05, 3.63) is 29.8 Å². The first kappa shape index (κ1) is 14.2. The van der Waals surface area contributed by atoms with Gasteiger partial charge >= 0.3 is 0 Å². The molecule has 4 nitrogen and oxygen atoms in total. The van der Waals surface area contributed by atoms with Crippen molar-refractivity contribution < 1.29 is 14.6 Å². The summed E-state index contributed by atoms with van der Waals surface area (Å²) in [7, 11) is 0. The summed E-state index contributed by atoms with van der Waals surface area (Å²) in [5.74, 6) is 0.712. The summed E-state index contributed by atoms with van der Waals surface area (Å²) < 4.78 is 5.41. The molecule has 1 aromatic rings. The number of aliphatic hydroxyl groups is 1. The van der Waals surface area contributed by atoms with Crippen molar-refractivity contribution in [2.75, 3.05) is 6.61 Å². The number of carbonyl (C=O) groups is 1. The molecule has 1 aromatic carbocycles. The molecule has 0 fully saturated rings. The number of nitriles is 1. The molecule has 0 aromatic heterocycles. The number of hydrogen-bond acceptors (Lipinski definition) is 4. The SMILES string of the molecule is CCC(=O)CC(O)CCOc1ccc(C#N)cc1. The lowest BCUT2D eigenvalue weighted by atomic mass is 10.1. The van der Waals surface area contributed by atoms with Crippen LogP contribution in [0.15, 0.2) is 24.3 Å². The zero-order valence-corrected chi connectivity index (χ0v) is 10.4. The zero-order chi connectivity index (χ0) is 13.4. The van der Waals surface area contributed by atoms with Crippen molar-refractivity contribution in [2.24, 2.45) is 0 Å². The Hall–Kier alpha value is -1.86. The number of nitrogens with zero attached hydrogens (tertiary/aromatic N) is 1. The molecular formula is C14H17NO3. The summed E-state index contributed by atoms with van der Waals surface area (Å²) in [6.07, 6.45) is 0.419. The normalized spacial score (nSPS) is 11.6. The lowest BCUT2D eigenvalue weighted by Gasteiger charge is -2.10. The number of Topliss-reactive ketones (excluding diaryl/α,β-unsaturated/α-hetero) is 1. The van der Waals surface area contributed by atoms with Gasteiger partial charge in [0.1, 0.15) is 11.5 Å². The summed E-state index contributed by atoms with van der Waals surface area (Å²) in [6.45, 7) is 2.13. The molecule has 0 bridgehead atoms. The van der Waals surface area contributed by atoms with Gasteiger partial charge in [0.25, 0.3) is 0 Å². The Labute approximate surface area is 107 Å². The van der Waals surface area contributed by atoms with Gasteiger partial charge in [0.15, 0.2) is 0 Å². The highest BCUT2D eigenvalue weighted by Gasteiger charge is 2.09. The maximum atomic E-state index is 11.1. The molecule has 0 saturated heterocycles. The Kier molecular flexibility index (Phi) is 5.89. The largest absolute Gasteiger partial charge is 0.493 e. The maximum Gasteiger partial charge on any atom is 0.135 e. The number of ketones is 1. The molecule has 0 radical (unpaired) electrons. The average Bonchev–Trinajstić information content (AvgIpc) is 2.39.